The Hall–Kier alpha value is -1.07. The van der Waals surface area contributed by atoms with Crippen molar-refractivity contribution in [2.75, 3.05) is 20.6 Å². The van der Waals surface area contributed by atoms with E-state index in [1.807, 2.05) is 0 Å². The molecule has 0 aliphatic rings. The molecule has 0 saturated carbocycles. The Morgan fingerprint density at radius 3 is 1.57 bits per heavy atom. The van der Waals surface area contributed by atoms with E-state index in [0.717, 1.165) is 0 Å². The van der Waals surface area contributed by atoms with Gasteiger partial charge in [-0.1, -0.05) is 6.58 Å². The average Bonchev–Trinajstić information content (AvgIpc) is 1.84. The van der Waals surface area contributed by atoms with Gasteiger partial charge in [0.1, 0.15) is 0 Å². The van der Waals surface area contributed by atoms with Crippen molar-refractivity contribution in [1.82, 2.24) is 4.90 Å². The van der Waals surface area contributed by atoms with Crippen LogP contribution in [0.2, 0.25) is 0 Å². The molecule has 0 atom stereocenters. The maximum absolute atomic E-state index is 9.77. The molecule has 0 spiro atoms. The van der Waals surface area contributed by atoms with Crippen LogP contribution in [0.4, 0.5) is 0 Å². The van der Waals surface area contributed by atoms with Crippen LogP contribution < -0.4 is 0 Å². The molecule has 0 aliphatic carbocycles. The Morgan fingerprint density at radius 2 is 1.57 bits per heavy atom. The van der Waals surface area contributed by atoms with Crippen LogP contribution in [-0.2, 0) is 9.59 Å². The number of nitrogens with zero attached hydrogens (tertiary/aromatic N) is 1. The maximum atomic E-state index is 9.77. The van der Waals surface area contributed by atoms with E-state index < -0.39 is 11.9 Å². The van der Waals surface area contributed by atoms with Gasteiger partial charge in [0.25, 0.3) is 0 Å². The van der Waals surface area contributed by atoms with Crippen molar-refractivity contribution in [1.29, 1.82) is 0 Å². The SMILES string of the molecule is C=C(C)C(=O)O.CN(C)CC(=O)O.Cl. The fourth-order valence-corrected chi connectivity index (χ4v) is 0.271. The molecule has 5 nitrogen and oxygen atoms in total. The Morgan fingerprint density at radius 1 is 1.29 bits per heavy atom. The van der Waals surface area contributed by atoms with Crippen molar-refractivity contribution in [2.45, 2.75) is 6.92 Å². The van der Waals surface area contributed by atoms with Crippen LogP contribution in [0, 0.1) is 0 Å². The number of carboxylic acid groups (broad SMARTS) is 2. The quantitative estimate of drug-likeness (QED) is 0.692. The van der Waals surface area contributed by atoms with Crippen LogP contribution in [-0.4, -0.2) is 47.7 Å². The molecule has 84 valence electrons. The standard InChI is InChI=1S/C4H9NO2.C4H6O2.ClH/c1-5(2)3-4(6)7;1-3(2)4(5)6;/h3H2,1-2H3,(H,6,7);1H2,2H3,(H,5,6);1H. The van der Waals surface area contributed by atoms with E-state index in [9.17, 15) is 9.59 Å². The molecular formula is C8H16ClNO4. The summed E-state index contributed by atoms with van der Waals surface area (Å²) < 4.78 is 0. The van der Waals surface area contributed by atoms with Gasteiger partial charge >= 0.3 is 11.9 Å². The first-order valence-electron chi connectivity index (χ1n) is 3.52. The number of carbonyl (C=O) groups is 2. The van der Waals surface area contributed by atoms with Crippen LogP contribution in [0.25, 0.3) is 0 Å². The van der Waals surface area contributed by atoms with Gasteiger partial charge < -0.3 is 10.2 Å². The third-order valence-corrected chi connectivity index (χ3v) is 0.817. The highest BCUT2D eigenvalue weighted by Crippen LogP contribution is 1.81. The van der Waals surface area contributed by atoms with Crippen molar-refractivity contribution >= 4 is 24.3 Å². The Labute approximate surface area is 89.4 Å². The number of rotatable bonds is 3. The van der Waals surface area contributed by atoms with Gasteiger partial charge in [0, 0.05) is 5.57 Å². The molecule has 0 aromatic rings. The molecule has 0 bridgehead atoms. The fraction of sp³-hybridized carbons (Fsp3) is 0.500. The van der Waals surface area contributed by atoms with Crippen LogP contribution in [0.1, 0.15) is 6.92 Å². The van der Waals surface area contributed by atoms with Crippen molar-refractivity contribution in [3.63, 3.8) is 0 Å². The summed E-state index contributed by atoms with van der Waals surface area (Å²) in [6.07, 6.45) is 0. The minimum atomic E-state index is -0.935. The molecule has 0 radical (unpaired) electrons. The van der Waals surface area contributed by atoms with Gasteiger partial charge in [0.15, 0.2) is 0 Å². The van der Waals surface area contributed by atoms with Crippen molar-refractivity contribution < 1.29 is 19.8 Å². The smallest absolute Gasteiger partial charge is 0.330 e. The van der Waals surface area contributed by atoms with E-state index >= 15 is 0 Å². The lowest BCUT2D eigenvalue weighted by atomic mass is 10.4. The number of hydrogen-bond donors (Lipinski definition) is 2. The van der Waals surface area contributed by atoms with Gasteiger partial charge in [0.05, 0.1) is 6.54 Å². The highest BCUT2D eigenvalue weighted by Gasteiger charge is 1.94. The number of halogens is 1. The number of likely N-dealkylation sites (N-methyl/N-ethyl adjacent to an activating group) is 1. The zero-order valence-corrected chi connectivity index (χ0v) is 9.30. The second-order valence-corrected chi connectivity index (χ2v) is 2.72. The van der Waals surface area contributed by atoms with E-state index in [4.69, 9.17) is 10.2 Å². The highest BCUT2D eigenvalue weighted by atomic mass is 35.5. The second kappa shape index (κ2) is 10.0. The van der Waals surface area contributed by atoms with Gasteiger partial charge in [-0.2, -0.15) is 0 Å². The summed E-state index contributed by atoms with van der Waals surface area (Å²) in [5.74, 6) is -1.72. The summed E-state index contributed by atoms with van der Waals surface area (Å²) in [6, 6.07) is 0. The first-order valence-corrected chi connectivity index (χ1v) is 3.52. The molecule has 0 aliphatic heterocycles. The molecule has 0 amide bonds. The lowest BCUT2D eigenvalue weighted by molar-refractivity contribution is -0.137. The number of hydrogen-bond acceptors (Lipinski definition) is 3. The van der Waals surface area contributed by atoms with Crippen molar-refractivity contribution in [3.8, 4) is 0 Å². The molecule has 0 aromatic heterocycles. The molecule has 0 heterocycles. The normalized spacial score (nSPS) is 8.00. The molecule has 6 heteroatoms. The third kappa shape index (κ3) is 22.4. The summed E-state index contributed by atoms with van der Waals surface area (Å²) in [5, 5.41) is 15.9. The Bertz CT molecular complexity index is 192. The van der Waals surface area contributed by atoms with E-state index in [0.29, 0.717) is 0 Å². The third-order valence-electron chi connectivity index (χ3n) is 0.817. The van der Waals surface area contributed by atoms with Gasteiger partial charge in [-0.3, -0.25) is 9.69 Å². The van der Waals surface area contributed by atoms with Crippen LogP contribution in [0.5, 0.6) is 0 Å². The average molecular weight is 226 g/mol. The largest absolute Gasteiger partial charge is 0.480 e. The summed E-state index contributed by atoms with van der Waals surface area (Å²) in [4.78, 5) is 21.0. The topological polar surface area (TPSA) is 77.8 Å². The van der Waals surface area contributed by atoms with E-state index in [-0.39, 0.29) is 24.5 Å². The molecule has 0 rings (SSSR count). The van der Waals surface area contributed by atoms with Gasteiger partial charge in [0.2, 0.25) is 0 Å². The Balaban J connectivity index is -0.000000163. The van der Waals surface area contributed by atoms with Crippen LogP contribution in [0.15, 0.2) is 12.2 Å². The minimum absolute atomic E-state index is 0. The van der Waals surface area contributed by atoms with Gasteiger partial charge in [-0.15, -0.1) is 12.4 Å². The fourth-order valence-electron chi connectivity index (χ4n) is 0.271. The first kappa shape index (κ1) is 18.7. The summed E-state index contributed by atoms with van der Waals surface area (Å²) in [5.41, 5.74) is 0.176. The lowest BCUT2D eigenvalue weighted by Gasteiger charge is -2.01. The zero-order chi connectivity index (χ0) is 11.0. The van der Waals surface area contributed by atoms with Crippen molar-refractivity contribution in [3.05, 3.63) is 12.2 Å². The second-order valence-electron chi connectivity index (χ2n) is 2.72. The predicted octanol–water partition coefficient (Wildman–Crippen LogP) is 0.701. The van der Waals surface area contributed by atoms with E-state index in [2.05, 4.69) is 6.58 Å². The summed E-state index contributed by atoms with van der Waals surface area (Å²) in [6.45, 7) is 4.71. The molecule has 0 saturated heterocycles. The highest BCUT2D eigenvalue weighted by molar-refractivity contribution is 5.85. The number of carboxylic acids is 2. The molecule has 0 unspecified atom stereocenters. The monoisotopic (exact) mass is 225 g/mol. The van der Waals surface area contributed by atoms with E-state index in [1.54, 1.807) is 19.0 Å². The van der Waals surface area contributed by atoms with Crippen molar-refractivity contribution in [2.24, 2.45) is 0 Å². The van der Waals surface area contributed by atoms with Gasteiger partial charge in [-0.25, -0.2) is 4.79 Å². The molecule has 0 fully saturated rings. The first-order chi connectivity index (χ1) is 5.77. The Kier molecular flexibility index (Phi) is 13.3. The summed E-state index contributed by atoms with van der Waals surface area (Å²) in [7, 11) is 3.43. The van der Waals surface area contributed by atoms with Gasteiger partial charge in [-0.05, 0) is 21.0 Å². The molecule has 14 heavy (non-hydrogen) atoms. The van der Waals surface area contributed by atoms with E-state index in [1.165, 1.54) is 6.92 Å². The maximum Gasteiger partial charge on any atom is 0.330 e. The lowest BCUT2D eigenvalue weighted by Crippen LogP contribution is -2.20. The molecule has 0 aromatic carbocycles. The number of aliphatic carboxylic acids is 2. The molecule has 2 N–H and O–H groups in total. The predicted molar refractivity (Wildman–Crippen MR) is 55.9 cm³/mol. The minimum Gasteiger partial charge on any atom is -0.480 e. The molecular weight excluding hydrogens is 210 g/mol. The summed E-state index contributed by atoms with van der Waals surface area (Å²) >= 11 is 0. The van der Waals surface area contributed by atoms with Crippen LogP contribution >= 0.6 is 12.4 Å². The zero-order valence-electron chi connectivity index (χ0n) is 8.48. The van der Waals surface area contributed by atoms with Crippen LogP contribution in [0.3, 0.4) is 0 Å².